The van der Waals surface area contributed by atoms with Crippen LogP contribution in [0.2, 0.25) is 0 Å². The fourth-order valence-corrected chi connectivity index (χ4v) is 3.27. The summed E-state index contributed by atoms with van der Waals surface area (Å²) in [6, 6.07) is 8.50. The number of nitrogens with one attached hydrogen (secondary N) is 1. The molecule has 1 aromatic carbocycles. The van der Waals surface area contributed by atoms with Crippen molar-refractivity contribution in [3.05, 3.63) is 29.8 Å². The first-order valence-corrected chi connectivity index (χ1v) is 7.94. The molecule has 1 atom stereocenters. The van der Waals surface area contributed by atoms with Crippen molar-refractivity contribution in [2.45, 2.75) is 45.1 Å². The van der Waals surface area contributed by atoms with Crippen LogP contribution in [-0.2, 0) is 11.2 Å². The Labute approximate surface area is 127 Å². The van der Waals surface area contributed by atoms with Gasteiger partial charge in [0.25, 0.3) is 0 Å². The highest BCUT2D eigenvalue weighted by atomic mass is 16.4. The molecule has 1 unspecified atom stereocenters. The van der Waals surface area contributed by atoms with Gasteiger partial charge in [0.15, 0.2) is 0 Å². The van der Waals surface area contributed by atoms with E-state index in [0.29, 0.717) is 19.4 Å². The van der Waals surface area contributed by atoms with Crippen molar-refractivity contribution in [2.75, 3.05) is 24.5 Å². The van der Waals surface area contributed by atoms with Crippen molar-refractivity contribution >= 4 is 11.7 Å². The molecule has 1 aromatic rings. The van der Waals surface area contributed by atoms with Crippen LogP contribution in [0.25, 0.3) is 0 Å². The smallest absolute Gasteiger partial charge is 0.323 e. The van der Waals surface area contributed by atoms with E-state index in [1.165, 1.54) is 11.3 Å². The number of carboxylic acid groups (broad SMARTS) is 1. The number of para-hydroxylation sites is 1. The molecule has 2 rings (SSSR count). The molecule has 1 heterocycles. The predicted molar refractivity (Wildman–Crippen MR) is 85.9 cm³/mol. The van der Waals surface area contributed by atoms with Gasteiger partial charge in [-0.15, -0.1) is 0 Å². The number of likely N-dealkylation sites (N-methyl/N-ethyl adjacent to an activating group) is 1. The Bertz CT molecular complexity index is 489. The Morgan fingerprint density at radius 1 is 1.38 bits per heavy atom. The van der Waals surface area contributed by atoms with Gasteiger partial charge in [0, 0.05) is 18.8 Å². The number of hydrogen-bond acceptors (Lipinski definition) is 3. The van der Waals surface area contributed by atoms with E-state index in [1.807, 2.05) is 13.8 Å². The summed E-state index contributed by atoms with van der Waals surface area (Å²) in [4.78, 5) is 14.0. The highest BCUT2D eigenvalue weighted by Gasteiger charge is 2.35. The number of aliphatic carboxylic acids is 1. The lowest BCUT2D eigenvalue weighted by Gasteiger charge is -2.30. The van der Waals surface area contributed by atoms with Crippen LogP contribution < -0.4 is 10.2 Å². The third-order valence-electron chi connectivity index (χ3n) is 4.54. The maximum atomic E-state index is 11.6. The lowest BCUT2D eigenvalue weighted by atomic mass is 9.90. The van der Waals surface area contributed by atoms with Gasteiger partial charge in [-0.1, -0.05) is 32.0 Å². The first kappa shape index (κ1) is 15.8. The van der Waals surface area contributed by atoms with Crippen molar-refractivity contribution in [3.8, 4) is 0 Å². The van der Waals surface area contributed by atoms with E-state index in [9.17, 15) is 9.90 Å². The van der Waals surface area contributed by atoms with Crippen LogP contribution in [0, 0.1) is 0 Å². The number of carbonyl (C=O) groups is 1. The zero-order valence-corrected chi connectivity index (χ0v) is 13.1. The van der Waals surface area contributed by atoms with Crippen LogP contribution in [0.15, 0.2) is 24.3 Å². The number of nitrogens with zero attached hydrogens (tertiary/aromatic N) is 1. The summed E-state index contributed by atoms with van der Waals surface area (Å²) in [6.07, 6.45) is 3.28. The molecular weight excluding hydrogens is 264 g/mol. The normalized spacial score (nSPS) is 16.6. The van der Waals surface area contributed by atoms with Crippen LogP contribution in [0.3, 0.4) is 0 Å². The number of benzene rings is 1. The Kier molecular flexibility index (Phi) is 5.23. The predicted octanol–water partition coefficient (Wildman–Crippen LogP) is 2.67. The van der Waals surface area contributed by atoms with Crippen molar-refractivity contribution in [1.29, 1.82) is 0 Å². The summed E-state index contributed by atoms with van der Waals surface area (Å²) in [5, 5.41) is 12.7. The number of hydrogen-bond donors (Lipinski definition) is 2. The van der Waals surface area contributed by atoms with E-state index in [-0.39, 0.29) is 0 Å². The van der Waals surface area contributed by atoms with Gasteiger partial charge in [0.05, 0.1) is 0 Å². The summed E-state index contributed by atoms with van der Waals surface area (Å²) in [6.45, 7) is 6.57. The van der Waals surface area contributed by atoms with Crippen molar-refractivity contribution < 1.29 is 9.90 Å². The minimum atomic E-state index is -0.770. The molecular formula is C17H26N2O2. The van der Waals surface area contributed by atoms with E-state index < -0.39 is 11.5 Å². The second kappa shape index (κ2) is 6.94. The molecule has 0 aromatic heterocycles. The van der Waals surface area contributed by atoms with Gasteiger partial charge in [-0.2, -0.15) is 0 Å². The SMILES string of the molecule is CCNC(CC)(CCCN1CCc2ccccc21)C(=O)O. The minimum Gasteiger partial charge on any atom is -0.480 e. The molecule has 116 valence electrons. The molecule has 0 bridgehead atoms. The first-order valence-electron chi connectivity index (χ1n) is 7.94. The minimum absolute atomic E-state index is 0.618. The first-order chi connectivity index (χ1) is 10.1. The second-order valence-corrected chi connectivity index (χ2v) is 5.74. The quantitative estimate of drug-likeness (QED) is 0.773. The van der Waals surface area contributed by atoms with Gasteiger partial charge in [0.2, 0.25) is 0 Å². The van der Waals surface area contributed by atoms with Gasteiger partial charge in [0.1, 0.15) is 5.54 Å². The molecule has 1 aliphatic heterocycles. The summed E-state index contributed by atoms with van der Waals surface area (Å²) in [5.41, 5.74) is 1.95. The molecule has 0 spiro atoms. The van der Waals surface area contributed by atoms with Crippen molar-refractivity contribution in [2.24, 2.45) is 0 Å². The summed E-state index contributed by atoms with van der Waals surface area (Å²) in [7, 11) is 0. The van der Waals surface area contributed by atoms with Crippen LogP contribution >= 0.6 is 0 Å². The average Bonchev–Trinajstić information content (AvgIpc) is 2.89. The number of carboxylic acids is 1. The molecule has 1 aliphatic rings. The van der Waals surface area contributed by atoms with E-state index in [4.69, 9.17) is 0 Å². The van der Waals surface area contributed by atoms with E-state index in [0.717, 1.165) is 25.9 Å². The lowest BCUT2D eigenvalue weighted by molar-refractivity contribution is -0.145. The summed E-state index contributed by atoms with van der Waals surface area (Å²) >= 11 is 0. The largest absolute Gasteiger partial charge is 0.480 e. The number of fused-ring (bicyclic) bond motifs is 1. The highest BCUT2D eigenvalue weighted by Crippen LogP contribution is 2.28. The maximum Gasteiger partial charge on any atom is 0.323 e. The van der Waals surface area contributed by atoms with Gasteiger partial charge in [-0.25, -0.2) is 0 Å². The molecule has 0 fully saturated rings. The molecule has 0 aliphatic carbocycles. The van der Waals surface area contributed by atoms with E-state index >= 15 is 0 Å². The number of rotatable bonds is 8. The van der Waals surface area contributed by atoms with Gasteiger partial charge >= 0.3 is 5.97 Å². The Hall–Kier alpha value is -1.55. The fourth-order valence-electron chi connectivity index (χ4n) is 3.27. The van der Waals surface area contributed by atoms with Crippen LogP contribution in [0.4, 0.5) is 5.69 Å². The zero-order valence-electron chi connectivity index (χ0n) is 13.1. The van der Waals surface area contributed by atoms with Gasteiger partial charge in [-0.3, -0.25) is 4.79 Å². The molecule has 4 nitrogen and oxygen atoms in total. The van der Waals surface area contributed by atoms with Crippen LogP contribution in [0.1, 0.15) is 38.7 Å². The number of anilines is 1. The average molecular weight is 290 g/mol. The Morgan fingerprint density at radius 3 is 2.81 bits per heavy atom. The Balaban J connectivity index is 1.93. The molecule has 2 N–H and O–H groups in total. The highest BCUT2D eigenvalue weighted by molar-refractivity contribution is 5.78. The van der Waals surface area contributed by atoms with E-state index in [1.54, 1.807) is 0 Å². The van der Waals surface area contributed by atoms with Gasteiger partial charge in [-0.05, 0) is 43.9 Å². The molecule has 0 amide bonds. The molecule has 21 heavy (non-hydrogen) atoms. The summed E-state index contributed by atoms with van der Waals surface area (Å²) < 4.78 is 0. The molecule has 4 heteroatoms. The third kappa shape index (κ3) is 3.38. The zero-order chi connectivity index (χ0) is 15.3. The molecule has 0 radical (unpaired) electrons. The summed E-state index contributed by atoms with van der Waals surface area (Å²) in [5.74, 6) is -0.728. The van der Waals surface area contributed by atoms with Crippen molar-refractivity contribution in [3.63, 3.8) is 0 Å². The maximum absolute atomic E-state index is 11.6. The Morgan fingerprint density at radius 2 is 2.14 bits per heavy atom. The lowest BCUT2D eigenvalue weighted by Crippen LogP contribution is -2.51. The van der Waals surface area contributed by atoms with Crippen LogP contribution in [-0.4, -0.2) is 36.2 Å². The standard InChI is InChI=1S/C17H26N2O2/c1-3-17(16(20)21,18-4-2)11-7-12-19-13-10-14-8-5-6-9-15(14)19/h5-6,8-9,18H,3-4,7,10-13H2,1-2H3,(H,20,21). The van der Waals surface area contributed by atoms with Crippen LogP contribution in [0.5, 0.6) is 0 Å². The van der Waals surface area contributed by atoms with E-state index in [2.05, 4.69) is 34.5 Å². The monoisotopic (exact) mass is 290 g/mol. The topological polar surface area (TPSA) is 52.6 Å². The third-order valence-corrected chi connectivity index (χ3v) is 4.54. The second-order valence-electron chi connectivity index (χ2n) is 5.74. The van der Waals surface area contributed by atoms with Crippen molar-refractivity contribution in [1.82, 2.24) is 5.32 Å². The van der Waals surface area contributed by atoms with Gasteiger partial charge < -0.3 is 15.3 Å². The molecule has 0 saturated carbocycles. The fraction of sp³-hybridized carbons (Fsp3) is 0.588. The molecule has 0 saturated heterocycles.